The van der Waals surface area contributed by atoms with E-state index >= 15 is 0 Å². The fraction of sp³-hybridized carbons (Fsp3) is 0.273. The molecule has 6 heteroatoms. The van der Waals surface area contributed by atoms with Gasteiger partial charge in [-0.15, -0.1) is 5.10 Å². The maximum absolute atomic E-state index is 14.6. The minimum atomic E-state index is -0.245. The van der Waals surface area contributed by atoms with Crippen LogP contribution in [0.3, 0.4) is 0 Å². The third-order valence-corrected chi connectivity index (χ3v) is 5.81. The Labute approximate surface area is 161 Å². The molecular formula is C22H20F2N4. The van der Waals surface area contributed by atoms with Crippen molar-refractivity contribution in [2.24, 2.45) is 0 Å². The van der Waals surface area contributed by atoms with Gasteiger partial charge in [-0.25, -0.2) is 13.5 Å². The first-order chi connectivity index (χ1) is 13.6. The zero-order valence-electron chi connectivity index (χ0n) is 15.5. The molecule has 1 aliphatic heterocycles. The van der Waals surface area contributed by atoms with Crippen molar-refractivity contribution in [1.29, 1.82) is 0 Å². The van der Waals surface area contributed by atoms with E-state index in [1.807, 2.05) is 10.7 Å². The van der Waals surface area contributed by atoms with Gasteiger partial charge in [0.15, 0.2) is 0 Å². The molecule has 4 aromatic rings. The molecule has 4 nitrogen and oxygen atoms in total. The normalized spacial score (nSPS) is 19.1. The zero-order chi connectivity index (χ0) is 19.3. The van der Waals surface area contributed by atoms with Crippen molar-refractivity contribution in [3.8, 4) is 0 Å². The molecule has 2 atom stereocenters. The molecule has 0 radical (unpaired) electrons. The summed E-state index contributed by atoms with van der Waals surface area (Å²) in [4.78, 5) is 0. The van der Waals surface area contributed by atoms with E-state index in [1.165, 1.54) is 18.2 Å². The second-order valence-corrected chi connectivity index (χ2v) is 7.50. The summed E-state index contributed by atoms with van der Waals surface area (Å²) < 4.78 is 31.8. The van der Waals surface area contributed by atoms with Gasteiger partial charge in [0, 0.05) is 17.5 Å². The molecule has 2 aromatic carbocycles. The van der Waals surface area contributed by atoms with Gasteiger partial charge in [0.1, 0.15) is 11.6 Å². The highest BCUT2D eigenvalue weighted by Crippen LogP contribution is 2.39. The lowest BCUT2D eigenvalue weighted by molar-refractivity contribution is 0.268. The third kappa shape index (κ3) is 2.71. The van der Waals surface area contributed by atoms with E-state index in [-0.39, 0.29) is 23.7 Å². The molecule has 2 aromatic heterocycles. The first-order valence-electron chi connectivity index (χ1n) is 9.53. The van der Waals surface area contributed by atoms with E-state index in [9.17, 15) is 8.78 Å². The summed E-state index contributed by atoms with van der Waals surface area (Å²) in [6.45, 7) is 2.11. The molecule has 0 N–H and O–H groups in total. The summed E-state index contributed by atoms with van der Waals surface area (Å²) in [5.74, 6) is -0.438. The molecule has 0 saturated heterocycles. The van der Waals surface area contributed by atoms with Gasteiger partial charge in [-0.1, -0.05) is 29.5 Å². The standard InChI is InChI=1S/C22H20F2N4/c1-14-21(10-9-18-12-16-3-2-4-20(24)22(16)27(14)18)28-19(13-25-26-28)11-15-5-7-17(23)8-6-15/h2-8,12-14,21H,9-11H2,1H3. The molecule has 2 unspecified atom stereocenters. The van der Waals surface area contributed by atoms with Crippen LogP contribution in [0.15, 0.2) is 54.7 Å². The maximum atomic E-state index is 14.6. The summed E-state index contributed by atoms with van der Waals surface area (Å²) in [5.41, 5.74) is 3.80. The number of nitrogens with zero attached hydrogens (tertiary/aromatic N) is 4. The lowest BCUT2D eigenvalue weighted by atomic mass is 9.97. The predicted molar refractivity (Wildman–Crippen MR) is 103 cm³/mol. The SMILES string of the molecule is CC1C(n2nncc2Cc2ccc(F)cc2)CCc2cc3cccc(F)c3n21. The highest BCUT2D eigenvalue weighted by Gasteiger charge is 2.31. The smallest absolute Gasteiger partial charge is 0.147 e. The summed E-state index contributed by atoms with van der Waals surface area (Å²) >= 11 is 0. The minimum Gasteiger partial charge on any atom is -0.337 e. The Balaban J connectivity index is 1.51. The van der Waals surface area contributed by atoms with Crippen LogP contribution in [0, 0.1) is 11.6 Å². The molecule has 1 aliphatic rings. The Morgan fingerprint density at radius 1 is 1.11 bits per heavy atom. The summed E-state index contributed by atoms with van der Waals surface area (Å²) in [7, 11) is 0. The Morgan fingerprint density at radius 3 is 2.75 bits per heavy atom. The second kappa shape index (κ2) is 6.55. The fourth-order valence-corrected chi connectivity index (χ4v) is 4.47. The van der Waals surface area contributed by atoms with Gasteiger partial charge in [-0.3, -0.25) is 0 Å². The number of para-hydroxylation sites is 1. The highest BCUT2D eigenvalue weighted by atomic mass is 19.1. The van der Waals surface area contributed by atoms with Crippen molar-refractivity contribution in [3.05, 3.63) is 83.3 Å². The van der Waals surface area contributed by atoms with E-state index < -0.39 is 0 Å². The molecule has 142 valence electrons. The van der Waals surface area contributed by atoms with Crippen molar-refractivity contribution >= 4 is 10.9 Å². The van der Waals surface area contributed by atoms with E-state index in [2.05, 4.69) is 27.9 Å². The Hall–Kier alpha value is -3.02. The largest absolute Gasteiger partial charge is 0.337 e. The molecule has 0 spiro atoms. The average Bonchev–Trinajstić information content (AvgIpc) is 3.29. The van der Waals surface area contributed by atoms with Crippen LogP contribution >= 0.6 is 0 Å². The first kappa shape index (κ1) is 17.1. The van der Waals surface area contributed by atoms with Crippen LogP contribution in [0.2, 0.25) is 0 Å². The number of aromatic nitrogens is 4. The van der Waals surface area contributed by atoms with Gasteiger partial charge in [-0.2, -0.15) is 0 Å². The molecule has 0 bridgehead atoms. The molecule has 0 fully saturated rings. The number of halogens is 2. The van der Waals surface area contributed by atoms with Gasteiger partial charge in [0.05, 0.1) is 29.5 Å². The minimum absolute atomic E-state index is 0.0480. The van der Waals surface area contributed by atoms with Crippen LogP contribution in [0.1, 0.15) is 42.4 Å². The van der Waals surface area contributed by atoms with E-state index in [4.69, 9.17) is 0 Å². The van der Waals surface area contributed by atoms with E-state index in [1.54, 1.807) is 24.4 Å². The number of aryl methyl sites for hydroxylation is 1. The quantitative estimate of drug-likeness (QED) is 0.511. The number of rotatable bonds is 3. The number of hydrogen-bond acceptors (Lipinski definition) is 2. The van der Waals surface area contributed by atoms with Crippen LogP contribution in [-0.4, -0.2) is 19.6 Å². The Morgan fingerprint density at radius 2 is 1.93 bits per heavy atom. The third-order valence-electron chi connectivity index (χ3n) is 5.81. The van der Waals surface area contributed by atoms with Crippen molar-refractivity contribution in [1.82, 2.24) is 19.6 Å². The Bertz CT molecular complexity index is 1140. The van der Waals surface area contributed by atoms with Gasteiger partial charge in [0.2, 0.25) is 0 Å². The number of hydrogen-bond donors (Lipinski definition) is 0. The molecule has 0 amide bonds. The van der Waals surface area contributed by atoms with Crippen LogP contribution < -0.4 is 0 Å². The van der Waals surface area contributed by atoms with Crippen molar-refractivity contribution < 1.29 is 8.78 Å². The van der Waals surface area contributed by atoms with Crippen molar-refractivity contribution in [3.63, 3.8) is 0 Å². The monoisotopic (exact) mass is 378 g/mol. The van der Waals surface area contributed by atoms with Crippen LogP contribution in [0.4, 0.5) is 8.78 Å². The van der Waals surface area contributed by atoms with E-state index in [0.29, 0.717) is 11.9 Å². The maximum Gasteiger partial charge on any atom is 0.147 e. The Kier molecular flexibility index (Phi) is 4.00. The van der Waals surface area contributed by atoms with Crippen LogP contribution in [0.25, 0.3) is 10.9 Å². The summed E-state index contributed by atoms with van der Waals surface area (Å²) in [5, 5.41) is 9.41. The topological polar surface area (TPSA) is 35.6 Å². The number of benzene rings is 2. The lowest BCUT2D eigenvalue weighted by Crippen LogP contribution is -2.29. The van der Waals surface area contributed by atoms with Crippen molar-refractivity contribution in [2.75, 3.05) is 0 Å². The van der Waals surface area contributed by atoms with Gasteiger partial charge < -0.3 is 4.57 Å². The number of fused-ring (bicyclic) bond motifs is 3. The van der Waals surface area contributed by atoms with Crippen LogP contribution in [0.5, 0.6) is 0 Å². The zero-order valence-corrected chi connectivity index (χ0v) is 15.5. The van der Waals surface area contributed by atoms with Gasteiger partial charge in [-0.05, 0) is 49.6 Å². The highest BCUT2D eigenvalue weighted by molar-refractivity contribution is 5.82. The van der Waals surface area contributed by atoms with Gasteiger partial charge in [0.25, 0.3) is 0 Å². The molecule has 28 heavy (non-hydrogen) atoms. The lowest BCUT2D eigenvalue weighted by Gasteiger charge is -2.33. The fourth-order valence-electron chi connectivity index (χ4n) is 4.47. The molecule has 3 heterocycles. The van der Waals surface area contributed by atoms with Crippen molar-refractivity contribution in [2.45, 2.75) is 38.3 Å². The first-order valence-corrected chi connectivity index (χ1v) is 9.53. The molecular weight excluding hydrogens is 358 g/mol. The predicted octanol–water partition coefficient (Wildman–Crippen LogP) is 4.85. The summed E-state index contributed by atoms with van der Waals surface area (Å²) in [6.07, 6.45) is 4.17. The molecule has 0 aliphatic carbocycles. The van der Waals surface area contributed by atoms with E-state index in [0.717, 1.165) is 35.2 Å². The van der Waals surface area contributed by atoms with Gasteiger partial charge >= 0.3 is 0 Å². The molecule has 0 saturated carbocycles. The van der Waals surface area contributed by atoms with Crippen LogP contribution in [-0.2, 0) is 12.8 Å². The average molecular weight is 378 g/mol. The summed E-state index contributed by atoms with van der Waals surface area (Å²) in [6, 6.07) is 13.9. The second-order valence-electron chi connectivity index (χ2n) is 7.50. The molecule has 5 rings (SSSR count).